The van der Waals surface area contributed by atoms with Gasteiger partial charge in [0.2, 0.25) is 5.43 Å². The van der Waals surface area contributed by atoms with E-state index in [9.17, 15) is 27.9 Å². The summed E-state index contributed by atoms with van der Waals surface area (Å²) in [5.74, 6) is -1.69. The summed E-state index contributed by atoms with van der Waals surface area (Å²) in [6.07, 6.45) is -3.28. The second kappa shape index (κ2) is 9.57. The number of aromatic hydroxyl groups is 1. The lowest BCUT2D eigenvalue weighted by atomic mass is 9.94. The average Bonchev–Trinajstić information content (AvgIpc) is 3.03. The van der Waals surface area contributed by atoms with E-state index in [0.717, 1.165) is 22.9 Å². The molecule has 2 aliphatic rings. The first-order valence-corrected chi connectivity index (χ1v) is 13.4. The van der Waals surface area contributed by atoms with E-state index in [2.05, 4.69) is 0 Å². The van der Waals surface area contributed by atoms with Crippen molar-refractivity contribution in [2.45, 2.75) is 55.6 Å². The van der Waals surface area contributed by atoms with Crippen LogP contribution in [-0.2, 0) is 5.75 Å². The van der Waals surface area contributed by atoms with Gasteiger partial charge in [0.15, 0.2) is 11.4 Å². The fourth-order valence-corrected chi connectivity index (χ4v) is 6.38. The van der Waals surface area contributed by atoms with Gasteiger partial charge in [-0.1, -0.05) is 55.8 Å². The van der Waals surface area contributed by atoms with Crippen molar-refractivity contribution in [1.29, 1.82) is 0 Å². The van der Waals surface area contributed by atoms with Gasteiger partial charge in [-0.3, -0.25) is 19.3 Å². The molecule has 200 valence electrons. The number of nitrogens with zero attached hydrogens (tertiary/aromatic N) is 3. The molecule has 2 aromatic carbocycles. The van der Waals surface area contributed by atoms with E-state index in [1.54, 1.807) is 36.7 Å². The summed E-state index contributed by atoms with van der Waals surface area (Å²) < 4.78 is 43.2. The maximum absolute atomic E-state index is 13.9. The number of carbonyl (C=O) groups is 1. The molecule has 3 aromatic rings. The van der Waals surface area contributed by atoms with Crippen LogP contribution in [-0.4, -0.2) is 39.5 Å². The molecular weight excluding hydrogens is 539 g/mol. The summed E-state index contributed by atoms with van der Waals surface area (Å²) in [4.78, 5) is 28.0. The Morgan fingerprint density at radius 2 is 1.79 bits per heavy atom. The second-order valence-corrected chi connectivity index (χ2v) is 11.1. The normalized spacial score (nSPS) is 18.1. The van der Waals surface area contributed by atoms with Gasteiger partial charge in [0.05, 0.1) is 0 Å². The van der Waals surface area contributed by atoms with Gasteiger partial charge in [0.1, 0.15) is 18.8 Å². The highest BCUT2D eigenvalue weighted by Gasteiger charge is 2.48. The maximum Gasteiger partial charge on any atom is 0.408 e. The largest absolute Gasteiger partial charge is 0.502 e. The fourth-order valence-electron chi connectivity index (χ4n) is 5.00. The van der Waals surface area contributed by atoms with Crippen LogP contribution in [0.2, 0.25) is 5.02 Å². The Morgan fingerprint density at radius 3 is 2.47 bits per heavy atom. The number of rotatable bonds is 3. The topological polar surface area (TPSA) is 65.8 Å². The SMILES string of the molecule is CC(C)c1cn2c(c(O)c1=O)C(=O)N([C@H](C)C(F)(F)F)CN2[C@@H]1c2ccccc2SCc2cccc(Cl)c21. The molecule has 0 saturated heterocycles. The summed E-state index contributed by atoms with van der Waals surface area (Å²) in [7, 11) is 0. The molecule has 1 N–H and O–H groups in total. The number of pyridine rings is 1. The van der Waals surface area contributed by atoms with Crippen LogP contribution in [0.4, 0.5) is 13.2 Å². The highest BCUT2D eigenvalue weighted by Crippen LogP contribution is 2.45. The Labute approximate surface area is 226 Å². The average molecular weight is 564 g/mol. The van der Waals surface area contributed by atoms with Gasteiger partial charge in [-0.15, -0.1) is 11.8 Å². The molecule has 6 nitrogen and oxygen atoms in total. The molecule has 1 aromatic heterocycles. The molecule has 38 heavy (non-hydrogen) atoms. The van der Waals surface area contributed by atoms with E-state index in [1.807, 2.05) is 36.4 Å². The van der Waals surface area contributed by atoms with Crippen LogP contribution in [0.5, 0.6) is 5.75 Å². The van der Waals surface area contributed by atoms with Crippen molar-refractivity contribution in [1.82, 2.24) is 9.58 Å². The van der Waals surface area contributed by atoms with Gasteiger partial charge < -0.3 is 10.0 Å². The molecule has 0 radical (unpaired) electrons. The highest BCUT2D eigenvalue weighted by atomic mass is 35.5. The van der Waals surface area contributed by atoms with Crippen molar-refractivity contribution < 1.29 is 23.1 Å². The zero-order chi connectivity index (χ0) is 27.5. The Balaban J connectivity index is 1.84. The Kier molecular flexibility index (Phi) is 6.67. The van der Waals surface area contributed by atoms with Crippen LogP contribution in [0.3, 0.4) is 0 Å². The van der Waals surface area contributed by atoms with Crippen molar-refractivity contribution in [3.05, 3.63) is 91.9 Å². The number of fused-ring (bicyclic) bond motifs is 3. The minimum Gasteiger partial charge on any atom is -0.502 e. The van der Waals surface area contributed by atoms with E-state index in [0.29, 0.717) is 21.2 Å². The van der Waals surface area contributed by atoms with Crippen molar-refractivity contribution in [2.75, 3.05) is 11.7 Å². The van der Waals surface area contributed by atoms with Gasteiger partial charge in [0, 0.05) is 33.0 Å². The first-order chi connectivity index (χ1) is 17.9. The van der Waals surface area contributed by atoms with Crippen LogP contribution in [0, 0.1) is 0 Å². The first kappa shape index (κ1) is 26.5. The lowest BCUT2D eigenvalue weighted by molar-refractivity contribution is -0.173. The minimum absolute atomic E-state index is 0.233. The molecule has 0 fully saturated rings. The molecule has 11 heteroatoms. The van der Waals surface area contributed by atoms with Gasteiger partial charge in [0.25, 0.3) is 5.91 Å². The number of hydrogen-bond donors (Lipinski definition) is 1. The van der Waals surface area contributed by atoms with E-state index in [1.165, 1.54) is 10.9 Å². The van der Waals surface area contributed by atoms with Gasteiger partial charge in [-0.2, -0.15) is 13.2 Å². The van der Waals surface area contributed by atoms with E-state index in [-0.39, 0.29) is 11.5 Å². The third kappa shape index (κ3) is 4.23. The second-order valence-electron chi connectivity index (χ2n) is 9.73. The highest BCUT2D eigenvalue weighted by molar-refractivity contribution is 7.98. The molecular formula is C27H25ClF3N3O3S. The van der Waals surface area contributed by atoms with Crippen LogP contribution in [0.1, 0.15) is 65.5 Å². The van der Waals surface area contributed by atoms with Crippen LogP contribution >= 0.6 is 23.4 Å². The summed E-state index contributed by atoms with van der Waals surface area (Å²) in [6, 6.07) is 10.1. The maximum atomic E-state index is 13.9. The molecule has 2 atom stereocenters. The Bertz CT molecular complexity index is 1490. The number of aromatic nitrogens is 1. The minimum atomic E-state index is -4.73. The smallest absolute Gasteiger partial charge is 0.408 e. The van der Waals surface area contributed by atoms with Gasteiger partial charge in [-0.25, -0.2) is 0 Å². The monoisotopic (exact) mass is 563 g/mol. The predicted molar refractivity (Wildman–Crippen MR) is 141 cm³/mol. The lowest BCUT2D eigenvalue weighted by Crippen LogP contribution is -2.60. The van der Waals surface area contributed by atoms with Crippen LogP contribution in [0.25, 0.3) is 0 Å². The molecule has 0 unspecified atom stereocenters. The summed E-state index contributed by atoms with van der Waals surface area (Å²) >= 11 is 8.34. The Hall–Kier alpha value is -3.11. The zero-order valence-corrected chi connectivity index (χ0v) is 22.4. The summed E-state index contributed by atoms with van der Waals surface area (Å²) in [5, 5.41) is 13.0. The molecule has 0 spiro atoms. The van der Waals surface area contributed by atoms with Crippen LogP contribution in [0.15, 0.2) is 58.4 Å². The summed E-state index contributed by atoms with van der Waals surface area (Å²) in [5.41, 5.74) is 1.31. The molecule has 0 saturated carbocycles. The zero-order valence-electron chi connectivity index (χ0n) is 20.8. The van der Waals surface area contributed by atoms with Crippen molar-refractivity contribution in [3.8, 4) is 5.75 Å². The van der Waals surface area contributed by atoms with E-state index < -0.39 is 47.7 Å². The quantitative estimate of drug-likeness (QED) is 0.422. The standard InChI is InChI=1S/C27H25ClF3N3O3S/c1-14(2)18-11-33-23(25(36)24(18)35)26(37)32(15(3)27(29,30)31)13-34(33)22-17-8-4-5-10-20(17)38-12-16-7-6-9-19(28)21(16)22/h4-11,14-15,22,36H,12-13H2,1-3H3/t15-,22-/m1/s1. The number of hydrogen-bond acceptors (Lipinski definition) is 5. The Morgan fingerprint density at radius 1 is 1.08 bits per heavy atom. The van der Waals surface area contributed by atoms with Gasteiger partial charge >= 0.3 is 6.18 Å². The number of amides is 1. The number of halogens is 4. The van der Waals surface area contributed by atoms with Crippen LogP contribution < -0.4 is 10.4 Å². The van der Waals surface area contributed by atoms with E-state index in [4.69, 9.17) is 11.6 Å². The van der Waals surface area contributed by atoms with Crippen molar-refractivity contribution in [3.63, 3.8) is 0 Å². The van der Waals surface area contributed by atoms with Gasteiger partial charge in [-0.05, 0) is 36.1 Å². The molecule has 3 heterocycles. The molecule has 1 amide bonds. The first-order valence-electron chi connectivity index (χ1n) is 12.0. The summed E-state index contributed by atoms with van der Waals surface area (Å²) in [6.45, 7) is 3.96. The van der Waals surface area contributed by atoms with Crippen molar-refractivity contribution in [2.24, 2.45) is 0 Å². The molecule has 0 bridgehead atoms. The van der Waals surface area contributed by atoms with Crippen molar-refractivity contribution >= 4 is 29.3 Å². The molecule has 0 aliphatic carbocycles. The third-order valence-electron chi connectivity index (χ3n) is 7.10. The third-order valence-corrected chi connectivity index (χ3v) is 8.57. The number of benzene rings is 2. The predicted octanol–water partition coefficient (Wildman–Crippen LogP) is 6.03. The fraction of sp³-hybridized carbons (Fsp3) is 0.333. The molecule has 5 rings (SSSR count). The number of alkyl halides is 3. The number of carbonyl (C=O) groups excluding carboxylic acids is 1. The molecule has 2 aliphatic heterocycles. The van der Waals surface area contributed by atoms with E-state index >= 15 is 0 Å². The number of thioether (sulfide) groups is 1. The lowest BCUT2D eigenvalue weighted by Gasteiger charge is -2.46.